The molecule has 1 aliphatic rings. The maximum atomic E-state index is 13.0. The average Bonchev–Trinajstić information content (AvgIpc) is 2.99. The Hall–Kier alpha value is -2.26. The molecule has 0 spiro atoms. The van der Waals surface area contributed by atoms with Crippen LogP contribution in [0.25, 0.3) is 0 Å². The third-order valence-electron chi connectivity index (χ3n) is 4.55. The van der Waals surface area contributed by atoms with Crippen LogP contribution in [0, 0.1) is 0 Å². The molecule has 2 aromatic carbocycles. The number of para-hydroxylation sites is 1. The number of carbonyl (C=O) groups excluding carboxylic acids is 1. The highest BCUT2D eigenvalue weighted by atomic mass is 35.5. The largest absolute Gasteiger partial charge is 0.491 e. The number of alkyl halides is 3. The normalized spacial score (nSPS) is 18.4. The minimum Gasteiger partial charge on any atom is -0.491 e. The molecule has 0 bridgehead atoms. The van der Waals surface area contributed by atoms with Gasteiger partial charge in [0, 0.05) is 5.69 Å². The van der Waals surface area contributed by atoms with Crippen LogP contribution in [0.1, 0.15) is 28.8 Å². The van der Waals surface area contributed by atoms with Gasteiger partial charge in [0.1, 0.15) is 12.4 Å². The van der Waals surface area contributed by atoms with Crippen molar-refractivity contribution in [2.45, 2.75) is 24.3 Å². The van der Waals surface area contributed by atoms with Gasteiger partial charge in [0.2, 0.25) is 0 Å². The molecular formula is C19H17ClF3NO4S. The summed E-state index contributed by atoms with van der Waals surface area (Å²) in [5.74, 6) is -0.427. The van der Waals surface area contributed by atoms with E-state index in [0.29, 0.717) is 12.8 Å². The number of sulfone groups is 1. The van der Waals surface area contributed by atoms with Gasteiger partial charge in [0.25, 0.3) is 5.91 Å². The Morgan fingerprint density at radius 2 is 1.93 bits per heavy atom. The predicted molar refractivity (Wildman–Crippen MR) is 103 cm³/mol. The van der Waals surface area contributed by atoms with E-state index in [2.05, 4.69) is 5.32 Å². The zero-order chi connectivity index (χ0) is 21.2. The van der Waals surface area contributed by atoms with Crippen molar-refractivity contribution in [3.05, 3.63) is 58.6 Å². The number of hydrogen-bond acceptors (Lipinski definition) is 4. The van der Waals surface area contributed by atoms with Crippen molar-refractivity contribution < 1.29 is 31.1 Å². The molecule has 5 nitrogen and oxygen atoms in total. The van der Waals surface area contributed by atoms with E-state index in [0.717, 1.165) is 12.1 Å². The summed E-state index contributed by atoms with van der Waals surface area (Å²) in [5, 5.41) is 1.28. The number of benzene rings is 2. The summed E-state index contributed by atoms with van der Waals surface area (Å²) in [6.45, 7) is -0.0915. The van der Waals surface area contributed by atoms with Crippen LogP contribution in [0.5, 0.6) is 5.75 Å². The molecule has 0 saturated carbocycles. The van der Waals surface area contributed by atoms with Gasteiger partial charge in [0.05, 0.1) is 27.2 Å². The average molecular weight is 448 g/mol. The maximum Gasteiger partial charge on any atom is 0.417 e. The lowest BCUT2D eigenvalue weighted by atomic mass is 10.1. The van der Waals surface area contributed by atoms with E-state index in [1.165, 1.54) is 18.2 Å². The maximum absolute atomic E-state index is 13.0. The molecule has 0 aromatic heterocycles. The Morgan fingerprint density at radius 3 is 2.59 bits per heavy atom. The van der Waals surface area contributed by atoms with Crippen molar-refractivity contribution in [3.63, 3.8) is 0 Å². The molecule has 0 aliphatic carbocycles. The van der Waals surface area contributed by atoms with Gasteiger partial charge in [-0.3, -0.25) is 4.79 Å². The van der Waals surface area contributed by atoms with Gasteiger partial charge in [-0.15, -0.1) is 0 Å². The van der Waals surface area contributed by atoms with Crippen LogP contribution in [0.4, 0.5) is 18.9 Å². The first-order valence-corrected chi connectivity index (χ1v) is 10.8. The molecule has 2 aromatic rings. The van der Waals surface area contributed by atoms with Crippen LogP contribution in [0.2, 0.25) is 5.02 Å². The Bertz CT molecular complexity index is 1020. The van der Waals surface area contributed by atoms with Crippen LogP contribution >= 0.6 is 11.6 Å². The van der Waals surface area contributed by atoms with Gasteiger partial charge in [-0.05, 0) is 43.2 Å². The Labute approximate surface area is 170 Å². The van der Waals surface area contributed by atoms with Gasteiger partial charge >= 0.3 is 6.18 Å². The molecule has 0 radical (unpaired) electrons. The van der Waals surface area contributed by atoms with Crippen molar-refractivity contribution in [1.82, 2.24) is 0 Å². The van der Waals surface area contributed by atoms with Gasteiger partial charge in [-0.2, -0.15) is 13.2 Å². The van der Waals surface area contributed by atoms with Gasteiger partial charge in [-0.25, -0.2) is 8.42 Å². The Balaban J connectivity index is 1.77. The molecule has 1 heterocycles. The lowest BCUT2D eigenvalue weighted by Gasteiger charge is -2.15. The second-order valence-electron chi connectivity index (χ2n) is 6.58. The molecule has 1 amide bonds. The fourth-order valence-electron chi connectivity index (χ4n) is 3.03. The van der Waals surface area contributed by atoms with Crippen LogP contribution in [0.15, 0.2) is 42.5 Å². The standard InChI is InChI=1S/C19H17ClF3NO4S/c20-16-8-7-12(10-15(16)19(21,22)23)24-18(25)14-5-1-2-6-17(14)28-11-13-4-3-9-29(13,26)27/h1-2,5-8,10,13H,3-4,9,11H2,(H,24,25)/t13-/m0/s1. The summed E-state index contributed by atoms with van der Waals surface area (Å²) < 4.78 is 68.4. The minimum absolute atomic E-state index is 0.0754. The SMILES string of the molecule is O=C(Nc1ccc(Cl)c(C(F)(F)F)c1)c1ccccc1OC[C@@H]1CCCS1(=O)=O. The number of amides is 1. The monoisotopic (exact) mass is 447 g/mol. The smallest absolute Gasteiger partial charge is 0.417 e. The molecule has 29 heavy (non-hydrogen) atoms. The lowest BCUT2D eigenvalue weighted by molar-refractivity contribution is -0.137. The van der Waals surface area contributed by atoms with Crippen LogP contribution in [-0.4, -0.2) is 31.9 Å². The number of nitrogens with one attached hydrogen (secondary N) is 1. The van der Waals surface area contributed by atoms with Crippen LogP contribution < -0.4 is 10.1 Å². The van der Waals surface area contributed by atoms with E-state index in [1.54, 1.807) is 12.1 Å². The highest BCUT2D eigenvalue weighted by molar-refractivity contribution is 7.92. The number of hydrogen-bond donors (Lipinski definition) is 1. The third-order valence-corrected chi connectivity index (χ3v) is 7.12. The summed E-state index contributed by atoms with van der Waals surface area (Å²) in [5.41, 5.74) is -1.07. The van der Waals surface area contributed by atoms with Crippen molar-refractivity contribution >= 4 is 33.0 Å². The summed E-state index contributed by atoms with van der Waals surface area (Å²) in [6.07, 6.45) is -3.61. The minimum atomic E-state index is -4.66. The molecule has 156 valence electrons. The Kier molecular flexibility index (Phi) is 6.09. The zero-order valence-electron chi connectivity index (χ0n) is 15.0. The molecule has 3 rings (SSSR count). The molecule has 10 heteroatoms. The van der Waals surface area contributed by atoms with Crippen molar-refractivity contribution in [2.75, 3.05) is 17.7 Å². The molecule has 1 fully saturated rings. The first-order chi connectivity index (χ1) is 13.6. The number of rotatable bonds is 5. The number of carbonyl (C=O) groups is 1. The summed E-state index contributed by atoms with van der Waals surface area (Å²) in [6, 6.07) is 9.16. The van der Waals surface area contributed by atoms with E-state index in [4.69, 9.17) is 16.3 Å². The molecule has 0 unspecified atom stereocenters. The van der Waals surface area contributed by atoms with E-state index >= 15 is 0 Å². The van der Waals surface area contributed by atoms with Crippen molar-refractivity contribution in [3.8, 4) is 5.75 Å². The topological polar surface area (TPSA) is 72.5 Å². The van der Waals surface area contributed by atoms with E-state index in [-0.39, 0.29) is 29.4 Å². The first kappa shape index (κ1) is 21.4. The lowest BCUT2D eigenvalue weighted by Crippen LogP contribution is -2.24. The summed E-state index contributed by atoms with van der Waals surface area (Å²) in [7, 11) is -3.21. The van der Waals surface area contributed by atoms with Crippen molar-refractivity contribution in [1.29, 1.82) is 0 Å². The summed E-state index contributed by atoms with van der Waals surface area (Å²) in [4.78, 5) is 12.6. The molecular weight excluding hydrogens is 431 g/mol. The fraction of sp³-hybridized carbons (Fsp3) is 0.316. The predicted octanol–water partition coefficient (Wildman–Crippen LogP) is 4.57. The van der Waals surface area contributed by atoms with Gasteiger partial charge < -0.3 is 10.1 Å². The number of anilines is 1. The molecule has 1 N–H and O–H groups in total. The van der Waals surface area contributed by atoms with E-state index < -0.39 is 37.8 Å². The summed E-state index contributed by atoms with van der Waals surface area (Å²) >= 11 is 5.58. The highest BCUT2D eigenvalue weighted by Crippen LogP contribution is 2.36. The zero-order valence-corrected chi connectivity index (χ0v) is 16.6. The first-order valence-electron chi connectivity index (χ1n) is 8.69. The number of halogens is 4. The quantitative estimate of drug-likeness (QED) is 0.729. The molecule has 1 aliphatic heterocycles. The molecule has 1 saturated heterocycles. The number of ether oxygens (including phenoxy) is 1. The highest BCUT2D eigenvalue weighted by Gasteiger charge is 2.34. The van der Waals surface area contributed by atoms with E-state index in [1.807, 2.05) is 0 Å². The van der Waals surface area contributed by atoms with Crippen LogP contribution in [0.3, 0.4) is 0 Å². The second-order valence-corrected chi connectivity index (χ2v) is 9.39. The van der Waals surface area contributed by atoms with Crippen LogP contribution in [-0.2, 0) is 16.0 Å². The molecule has 1 atom stereocenters. The van der Waals surface area contributed by atoms with E-state index in [9.17, 15) is 26.4 Å². The second kappa shape index (κ2) is 8.23. The van der Waals surface area contributed by atoms with Gasteiger partial charge in [0.15, 0.2) is 9.84 Å². The van der Waals surface area contributed by atoms with Crippen molar-refractivity contribution in [2.24, 2.45) is 0 Å². The third kappa shape index (κ3) is 5.02. The Morgan fingerprint density at radius 1 is 1.21 bits per heavy atom. The fourth-order valence-corrected chi connectivity index (χ4v) is 4.96. The van der Waals surface area contributed by atoms with Gasteiger partial charge in [-0.1, -0.05) is 23.7 Å².